The lowest BCUT2D eigenvalue weighted by Gasteiger charge is -2.14. The van der Waals surface area contributed by atoms with E-state index in [0.717, 1.165) is 22.1 Å². The molecule has 2 heterocycles. The Bertz CT molecular complexity index is 748. The van der Waals surface area contributed by atoms with Crippen LogP contribution in [-0.4, -0.2) is 9.55 Å². The van der Waals surface area contributed by atoms with E-state index in [9.17, 15) is 0 Å². The van der Waals surface area contributed by atoms with E-state index in [4.69, 9.17) is 16.6 Å². The molecule has 0 radical (unpaired) electrons. The van der Waals surface area contributed by atoms with Crippen molar-refractivity contribution in [2.75, 3.05) is 0 Å². The van der Waals surface area contributed by atoms with Gasteiger partial charge < -0.3 is 4.57 Å². The van der Waals surface area contributed by atoms with E-state index >= 15 is 0 Å². The molecule has 0 spiro atoms. The highest BCUT2D eigenvalue weighted by Crippen LogP contribution is 2.42. The number of fused-ring (bicyclic) bond motifs is 3. The maximum Gasteiger partial charge on any atom is 0.121 e. The second kappa shape index (κ2) is 4.29. The molecule has 0 bridgehead atoms. The summed E-state index contributed by atoms with van der Waals surface area (Å²) in [5.41, 5.74) is 3.57. The van der Waals surface area contributed by atoms with Crippen LogP contribution in [0.4, 0.5) is 0 Å². The van der Waals surface area contributed by atoms with Crippen molar-refractivity contribution in [2.45, 2.75) is 11.1 Å². The molecule has 1 unspecified atom stereocenters. The second-order valence-electron chi connectivity index (χ2n) is 4.60. The number of hydrogen-bond donors (Lipinski definition) is 0. The van der Waals surface area contributed by atoms with Gasteiger partial charge in [0.05, 0.1) is 16.8 Å². The molecule has 94 valence electrons. The topological polar surface area (TPSA) is 17.8 Å². The molecule has 0 saturated carbocycles. The predicted octanol–water partition coefficient (Wildman–Crippen LogP) is 4.48. The van der Waals surface area contributed by atoms with Crippen molar-refractivity contribution in [1.82, 2.24) is 9.55 Å². The standard InChI is InChI=1S/C15H11ClN2S/c16-11-7-5-10(6-8-11)15-18-13-4-2-1-3-12(13)17-14(18)9-19-15/h1-8,15H,9H2. The molecule has 2 aromatic carbocycles. The van der Waals surface area contributed by atoms with E-state index in [1.807, 2.05) is 30.0 Å². The molecule has 0 N–H and O–H groups in total. The van der Waals surface area contributed by atoms with E-state index in [-0.39, 0.29) is 0 Å². The number of nitrogens with zero attached hydrogens (tertiary/aromatic N) is 2. The highest BCUT2D eigenvalue weighted by molar-refractivity contribution is 7.99. The number of benzene rings is 2. The predicted molar refractivity (Wildman–Crippen MR) is 80.6 cm³/mol. The third-order valence-electron chi connectivity index (χ3n) is 3.43. The zero-order valence-corrected chi connectivity index (χ0v) is 11.7. The average Bonchev–Trinajstić information content (AvgIpc) is 2.98. The van der Waals surface area contributed by atoms with Crippen LogP contribution >= 0.6 is 23.4 Å². The maximum absolute atomic E-state index is 5.97. The maximum atomic E-state index is 5.97. The number of rotatable bonds is 1. The lowest BCUT2D eigenvalue weighted by molar-refractivity contribution is 0.794. The Balaban J connectivity index is 1.89. The molecule has 1 aromatic heterocycles. The van der Waals surface area contributed by atoms with Crippen LogP contribution < -0.4 is 0 Å². The van der Waals surface area contributed by atoms with Crippen LogP contribution in [0.2, 0.25) is 5.02 Å². The van der Waals surface area contributed by atoms with Gasteiger partial charge in [0.1, 0.15) is 11.2 Å². The van der Waals surface area contributed by atoms with E-state index in [1.165, 1.54) is 11.1 Å². The zero-order valence-electron chi connectivity index (χ0n) is 10.1. The van der Waals surface area contributed by atoms with Crippen molar-refractivity contribution in [2.24, 2.45) is 0 Å². The van der Waals surface area contributed by atoms with Gasteiger partial charge in [0.2, 0.25) is 0 Å². The Morgan fingerprint density at radius 2 is 1.89 bits per heavy atom. The van der Waals surface area contributed by atoms with Gasteiger partial charge in [0, 0.05) is 5.02 Å². The molecule has 0 aliphatic carbocycles. The molecule has 19 heavy (non-hydrogen) atoms. The monoisotopic (exact) mass is 286 g/mol. The van der Waals surface area contributed by atoms with Crippen LogP contribution in [0, 0.1) is 0 Å². The highest BCUT2D eigenvalue weighted by Gasteiger charge is 2.27. The summed E-state index contributed by atoms with van der Waals surface area (Å²) in [5, 5.41) is 1.09. The summed E-state index contributed by atoms with van der Waals surface area (Å²) in [6, 6.07) is 16.4. The van der Waals surface area contributed by atoms with Gasteiger partial charge in [-0.3, -0.25) is 0 Å². The first-order chi connectivity index (χ1) is 9.33. The summed E-state index contributed by atoms with van der Waals surface area (Å²) in [6.45, 7) is 0. The Morgan fingerprint density at radius 1 is 1.11 bits per heavy atom. The van der Waals surface area contributed by atoms with E-state index in [1.54, 1.807) is 0 Å². The van der Waals surface area contributed by atoms with Crippen molar-refractivity contribution in [1.29, 1.82) is 0 Å². The fraction of sp³-hybridized carbons (Fsp3) is 0.133. The molecule has 4 rings (SSSR count). The largest absolute Gasteiger partial charge is 0.310 e. The number of thioether (sulfide) groups is 1. The third kappa shape index (κ3) is 1.77. The van der Waals surface area contributed by atoms with Crippen LogP contribution in [0.1, 0.15) is 16.8 Å². The summed E-state index contributed by atoms with van der Waals surface area (Å²) in [4.78, 5) is 4.70. The lowest BCUT2D eigenvalue weighted by Crippen LogP contribution is -2.02. The number of aromatic nitrogens is 2. The van der Waals surface area contributed by atoms with Crippen LogP contribution in [-0.2, 0) is 5.75 Å². The van der Waals surface area contributed by atoms with Crippen molar-refractivity contribution in [3.8, 4) is 0 Å². The minimum Gasteiger partial charge on any atom is -0.310 e. The zero-order chi connectivity index (χ0) is 12.8. The van der Waals surface area contributed by atoms with Crippen LogP contribution in [0.15, 0.2) is 48.5 Å². The number of para-hydroxylation sites is 2. The number of halogens is 1. The highest BCUT2D eigenvalue weighted by atomic mass is 35.5. The Kier molecular flexibility index (Phi) is 2.57. The first-order valence-electron chi connectivity index (χ1n) is 6.16. The SMILES string of the molecule is Clc1ccc(C2SCc3nc4ccccc4n32)cc1. The summed E-state index contributed by atoms with van der Waals surface area (Å²) >= 11 is 7.88. The van der Waals surface area contributed by atoms with Gasteiger partial charge in [0.15, 0.2) is 0 Å². The Morgan fingerprint density at radius 3 is 2.74 bits per heavy atom. The molecule has 3 aromatic rings. The smallest absolute Gasteiger partial charge is 0.121 e. The van der Waals surface area contributed by atoms with E-state index in [0.29, 0.717) is 5.37 Å². The molecule has 1 aliphatic rings. The molecule has 0 fully saturated rings. The van der Waals surface area contributed by atoms with E-state index in [2.05, 4.69) is 34.9 Å². The molecule has 1 atom stereocenters. The van der Waals surface area contributed by atoms with Crippen molar-refractivity contribution in [3.05, 3.63) is 64.9 Å². The second-order valence-corrected chi connectivity index (χ2v) is 6.11. The molecule has 1 aliphatic heterocycles. The summed E-state index contributed by atoms with van der Waals surface area (Å²) in [6.07, 6.45) is 0. The van der Waals surface area contributed by atoms with Gasteiger partial charge >= 0.3 is 0 Å². The van der Waals surface area contributed by atoms with Crippen molar-refractivity contribution >= 4 is 34.4 Å². The van der Waals surface area contributed by atoms with Gasteiger partial charge in [-0.05, 0) is 29.8 Å². The molecule has 4 heteroatoms. The molecular formula is C15H11ClN2S. The molecule has 0 saturated heterocycles. The van der Waals surface area contributed by atoms with Gasteiger partial charge in [0.25, 0.3) is 0 Å². The molecule has 2 nitrogen and oxygen atoms in total. The Hall–Kier alpha value is -1.45. The number of imidazole rings is 1. The van der Waals surface area contributed by atoms with Gasteiger partial charge in [-0.15, -0.1) is 11.8 Å². The van der Waals surface area contributed by atoms with Crippen molar-refractivity contribution < 1.29 is 0 Å². The molecule has 0 amide bonds. The summed E-state index contributed by atoms with van der Waals surface area (Å²) in [5.74, 6) is 2.12. The minimum absolute atomic E-state index is 0.305. The van der Waals surface area contributed by atoms with Crippen LogP contribution in [0.25, 0.3) is 11.0 Å². The van der Waals surface area contributed by atoms with Crippen LogP contribution in [0.3, 0.4) is 0 Å². The first kappa shape index (κ1) is 11.4. The van der Waals surface area contributed by atoms with Crippen molar-refractivity contribution in [3.63, 3.8) is 0 Å². The third-order valence-corrected chi connectivity index (χ3v) is 4.90. The summed E-state index contributed by atoms with van der Waals surface area (Å²) in [7, 11) is 0. The Labute approximate surface area is 120 Å². The first-order valence-corrected chi connectivity index (χ1v) is 7.58. The lowest BCUT2D eigenvalue weighted by atomic mass is 10.2. The fourth-order valence-corrected chi connectivity index (χ4v) is 3.93. The summed E-state index contributed by atoms with van der Waals surface area (Å²) < 4.78 is 2.34. The van der Waals surface area contributed by atoms with Gasteiger partial charge in [-0.25, -0.2) is 4.98 Å². The number of hydrogen-bond acceptors (Lipinski definition) is 2. The molecular weight excluding hydrogens is 276 g/mol. The normalized spacial score (nSPS) is 17.8. The quantitative estimate of drug-likeness (QED) is 0.656. The van der Waals surface area contributed by atoms with E-state index < -0.39 is 0 Å². The minimum atomic E-state index is 0.305. The van der Waals surface area contributed by atoms with Crippen LogP contribution in [0.5, 0.6) is 0 Å². The van der Waals surface area contributed by atoms with Gasteiger partial charge in [-0.2, -0.15) is 0 Å². The van der Waals surface area contributed by atoms with Gasteiger partial charge in [-0.1, -0.05) is 35.9 Å². The fourth-order valence-electron chi connectivity index (χ4n) is 2.56. The average molecular weight is 287 g/mol.